The summed E-state index contributed by atoms with van der Waals surface area (Å²) >= 11 is 0. The number of ether oxygens (including phenoxy) is 1. The van der Waals surface area contributed by atoms with Gasteiger partial charge in [-0.3, -0.25) is 14.5 Å². The molecule has 1 saturated heterocycles. The fourth-order valence-corrected chi connectivity index (χ4v) is 3.81. The number of hydrogen-bond donors (Lipinski definition) is 1. The molecule has 31 heavy (non-hydrogen) atoms. The second-order valence-corrected chi connectivity index (χ2v) is 7.78. The summed E-state index contributed by atoms with van der Waals surface area (Å²) in [5, 5.41) is 3.06. The Bertz CT molecular complexity index is 1000. The van der Waals surface area contributed by atoms with Gasteiger partial charge in [-0.15, -0.1) is 0 Å². The third-order valence-corrected chi connectivity index (χ3v) is 5.41. The van der Waals surface area contributed by atoms with E-state index in [9.17, 15) is 9.59 Å². The van der Waals surface area contributed by atoms with Gasteiger partial charge in [0.25, 0.3) is 5.91 Å². The summed E-state index contributed by atoms with van der Waals surface area (Å²) in [6, 6.07) is 26.5. The summed E-state index contributed by atoms with van der Waals surface area (Å²) in [6.07, 6.45) is 0.939. The molecule has 4 rings (SSSR count). The van der Waals surface area contributed by atoms with Crippen molar-refractivity contribution < 1.29 is 14.3 Å². The molecule has 0 radical (unpaired) electrons. The van der Waals surface area contributed by atoms with E-state index in [4.69, 9.17) is 4.74 Å². The van der Waals surface area contributed by atoms with Crippen molar-refractivity contribution in [1.82, 2.24) is 10.2 Å². The van der Waals surface area contributed by atoms with Crippen molar-refractivity contribution in [2.75, 3.05) is 19.7 Å². The van der Waals surface area contributed by atoms with Gasteiger partial charge in [-0.25, -0.2) is 0 Å². The van der Waals surface area contributed by atoms with Gasteiger partial charge in [0.05, 0.1) is 0 Å². The van der Waals surface area contributed by atoms with Crippen molar-refractivity contribution in [3.63, 3.8) is 0 Å². The van der Waals surface area contributed by atoms with Gasteiger partial charge in [-0.1, -0.05) is 60.7 Å². The third-order valence-electron chi connectivity index (χ3n) is 5.41. The molecule has 3 aromatic carbocycles. The summed E-state index contributed by atoms with van der Waals surface area (Å²) in [5.41, 5.74) is 2.52. The fraction of sp³-hybridized carbons (Fsp3) is 0.231. The van der Waals surface area contributed by atoms with Gasteiger partial charge < -0.3 is 10.1 Å². The van der Waals surface area contributed by atoms with Crippen LogP contribution in [0.25, 0.3) is 0 Å². The van der Waals surface area contributed by atoms with E-state index in [-0.39, 0.29) is 24.3 Å². The van der Waals surface area contributed by atoms with Crippen LogP contribution >= 0.6 is 0 Å². The first-order valence-electron chi connectivity index (χ1n) is 10.6. The lowest BCUT2D eigenvalue weighted by atomic mass is 10.0. The summed E-state index contributed by atoms with van der Waals surface area (Å²) in [4.78, 5) is 27.1. The zero-order valence-electron chi connectivity index (χ0n) is 17.4. The normalized spacial score (nSPS) is 16.1. The molecule has 1 aliphatic heterocycles. The first-order valence-corrected chi connectivity index (χ1v) is 10.6. The van der Waals surface area contributed by atoms with E-state index in [1.807, 2.05) is 36.4 Å². The number of nitrogens with one attached hydrogen (secondary N) is 1. The molecule has 0 unspecified atom stereocenters. The van der Waals surface area contributed by atoms with Gasteiger partial charge >= 0.3 is 0 Å². The predicted molar refractivity (Wildman–Crippen MR) is 120 cm³/mol. The Morgan fingerprint density at radius 1 is 0.871 bits per heavy atom. The number of rotatable bonds is 8. The zero-order chi connectivity index (χ0) is 21.5. The number of benzene rings is 3. The molecule has 158 valence electrons. The van der Waals surface area contributed by atoms with E-state index in [1.54, 1.807) is 36.4 Å². The highest BCUT2D eigenvalue weighted by molar-refractivity contribution is 6.08. The lowest BCUT2D eigenvalue weighted by Crippen LogP contribution is -2.39. The van der Waals surface area contributed by atoms with Crippen molar-refractivity contribution in [2.24, 2.45) is 0 Å². The van der Waals surface area contributed by atoms with Crippen molar-refractivity contribution >= 4 is 11.7 Å². The molecule has 3 aromatic rings. The molecule has 5 nitrogen and oxygen atoms in total. The Balaban J connectivity index is 1.21. The summed E-state index contributed by atoms with van der Waals surface area (Å²) in [5.74, 6) is 0.402. The molecule has 0 aliphatic carbocycles. The number of carbonyl (C=O) groups is 2. The summed E-state index contributed by atoms with van der Waals surface area (Å²) < 4.78 is 5.60. The quantitative estimate of drug-likeness (QED) is 0.571. The van der Waals surface area contributed by atoms with Crippen molar-refractivity contribution in [3.8, 4) is 5.75 Å². The molecule has 1 N–H and O–H groups in total. The van der Waals surface area contributed by atoms with Crippen LogP contribution in [0, 0.1) is 0 Å². The van der Waals surface area contributed by atoms with Crippen LogP contribution in [0.4, 0.5) is 0 Å². The average molecular weight is 415 g/mol. The molecule has 5 heteroatoms. The maximum Gasteiger partial charge on any atom is 0.258 e. The SMILES string of the molecule is O=C(COc1ccc(C(=O)c2ccccc2)cc1)N[C@@H]1CCN(Cc2ccccc2)C1. The lowest BCUT2D eigenvalue weighted by molar-refractivity contribution is -0.123. The van der Waals surface area contributed by atoms with Crippen molar-refractivity contribution in [3.05, 3.63) is 102 Å². The fourth-order valence-electron chi connectivity index (χ4n) is 3.81. The van der Waals surface area contributed by atoms with E-state index >= 15 is 0 Å². The van der Waals surface area contributed by atoms with Crippen LogP contribution in [0.1, 0.15) is 27.9 Å². The molecule has 0 saturated carbocycles. The van der Waals surface area contributed by atoms with Crippen molar-refractivity contribution in [1.29, 1.82) is 0 Å². The molecule has 1 amide bonds. The van der Waals surface area contributed by atoms with Crippen molar-refractivity contribution in [2.45, 2.75) is 19.0 Å². The highest BCUT2D eigenvalue weighted by Gasteiger charge is 2.23. The Morgan fingerprint density at radius 2 is 1.52 bits per heavy atom. The first-order chi connectivity index (χ1) is 15.2. The van der Waals surface area contributed by atoms with Gasteiger partial charge in [0, 0.05) is 36.8 Å². The van der Waals surface area contributed by atoms with E-state index in [0.29, 0.717) is 16.9 Å². The van der Waals surface area contributed by atoms with Crippen LogP contribution in [-0.4, -0.2) is 42.3 Å². The zero-order valence-corrected chi connectivity index (χ0v) is 17.4. The average Bonchev–Trinajstić information content (AvgIpc) is 3.25. The van der Waals surface area contributed by atoms with Crippen LogP contribution in [0.5, 0.6) is 5.75 Å². The highest BCUT2D eigenvalue weighted by atomic mass is 16.5. The molecular formula is C26H26N2O3. The standard InChI is InChI=1S/C26H26N2O3/c29-25(27-23-15-16-28(18-23)17-20-7-3-1-4-8-20)19-31-24-13-11-22(12-14-24)26(30)21-9-5-2-6-10-21/h1-14,23H,15-19H2,(H,27,29)/t23-/m1/s1. The second kappa shape index (κ2) is 10.0. The molecule has 0 bridgehead atoms. The largest absolute Gasteiger partial charge is 0.484 e. The monoisotopic (exact) mass is 414 g/mol. The minimum atomic E-state index is -0.129. The van der Waals surface area contributed by atoms with Gasteiger partial charge in [-0.2, -0.15) is 0 Å². The first kappa shape index (κ1) is 20.8. The maximum atomic E-state index is 12.4. The number of amides is 1. The number of nitrogens with zero attached hydrogens (tertiary/aromatic N) is 1. The smallest absolute Gasteiger partial charge is 0.258 e. The molecule has 0 spiro atoms. The number of carbonyl (C=O) groups excluding carboxylic acids is 2. The Hall–Kier alpha value is -3.44. The minimum Gasteiger partial charge on any atom is -0.484 e. The third kappa shape index (κ3) is 5.80. The highest BCUT2D eigenvalue weighted by Crippen LogP contribution is 2.16. The van der Waals surface area contributed by atoms with Crippen LogP contribution in [0.2, 0.25) is 0 Å². The molecular weight excluding hydrogens is 388 g/mol. The number of hydrogen-bond acceptors (Lipinski definition) is 4. The van der Waals surface area contributed by atoms with Gasteiger partial charge in [0.15, 0.2) is 12.4 Å². The Morgan fingerprint density at radius 3 is 2.23 bits per heavy atom. The summed E-state index contributed by atoms with van der Waals surface area (Å²) in [7, 11) is 0. The van der Waals surface area contributed by atoms with Crippen LogP contribution < -0.4 is 10.1 Å². The molecule has 1 fully saturated rings. The second-order valence-electron chi connectivity index (χ2n) is 7.78. The Kier molecular flexibility index (Phi) is 6.75. The molecule has 1 heterocycles. The van der Waals surface area contributed by atoms with Crippen LogP contribution in [0.3, 0.4) is 0 Å². The predicted octanol–water partition coefficient (Wildman–Crippen LogP) is 3.69. The topological polar surface area (TPSA) is 58.6 Å². The van der Waals surface area contributed by atoms with E-state index in [0.717, 1.165) is 26.1 Å². The maximum absolute atomic E-state index is 12.4. The lowest BCUT2D eigenvalue weighted by Gasteiger charge is -2.17. The van der Waals surface area contributed by atoms with Gasteiger partial charge in [-0.05, 0) is 36.2 Å². The van der Waals surface area contributed by atoms with Gasteiger partial charge in [0.1, 0.15) is 5.75 Å². The minimum absolute atomic E-state index is 0.0359. The van der Waals surface area contributed by atoms with Crippen LogP contribution in [-0.2, 0) is 11.3 Å². The Labute approximate surface area is 182 Å². The van der Waals surface area contributed by atoms with Gasteiger partial charge in [0.2, 0.25) is 0 Å². The van der Waals surface area contributed by atoms with E-state index in [2.05, 4.69) is 22.3 Å². The molecule has 1 atom stereocenters. The molecule has 0 aromatic heterocycles. The number of ketones is 1. The summed E-state index contributed by atoms with van der Waals surface area (Å²) in [6.45, 7) is 2.67. The van der Waals surface area contributed by atoms with E-state index in [1.165, 1.54) is 5.56 Å². The molecule has 1 aliphatic rings. The van der Waals surface area contributed by atoms with Crippen LogP contribution in [0.15, 0.2) is 84.9 Å². The number of likely N-dealkylation sites (tertiary alicyclic amines) is 1. The van der Waals surface area contributed by atoms with E-state index < -0.39 is 0 Å².